The lowest BCUT2D eigenvalue weighted by atomic mass is 10.0. The number of aromatic nitrogens is 4. The van der Waals surface area contributed by atoms with Crippen molar-refractivity contribution in [2.24, 2.45) is 0 Å². The van der Waals surface area contributed by atoms with E-state index in [1.54, 1.807) is 12.1 Å². The molecular formula is C30H35N7O3. The predicted molar refractivity (Wildman–Crippen MR) is 155 cm³/mol. The Bertz CT molecular complexity index is 1460. The molecule has 0 amide bonds. The number of imidazole rings is 1. The Morgan fingerprint density at radius 1 is 0.925 bits per heavy atom. The zero-order chi connectivity index (χ0) is 27.5. The number of anilines is 2. The second-order valence-electron chi connectivity index (χ2n) is 10.6. The Labute approximate surface area is 233 Å². The van der Waals surface area contributed by atoms with Crippen LogP contribution in [0.5, 0.6) is 0 Å². The fourth-order valence-electron chi connectivity index (χ4n) is 5.74. The quantitative estimate of drug-likeness (QED) is 0.288. The van der Waals surface area contributed by atoms with E-state index < -0.39 is 5.97 Å². The number of aliphatic hydroxyl groups excluding tert-OH is 1. The molecule has 6 rings (SSSR count). The number of carboxylic acid groups (broad SMARTS) is 1. The van der Waals surface area contributed by atoms with Crippen LogP contribution in [-0.2, 0) is 6.54 Å². The number of hydrogen-bond donors (Lipinski definition) is 3. The predicted octanol–water partition coefficient (Wildman–Crippen LogP) is 4.03. The van der Waals surface area contributed by atoms with Crippen LogP contribution in [0.4, 0.5) is 11.8 Å². The van der Waals surface area contributed by atoms with Gasteiger partial charge >= 0.3 is 5.97 Å². The first kappa shape index (κ1) is 26.2. The van der Waals surface area contributed by atoms with Crippen LogP contribution in [0.15, 0.2) is 54.9 Å². The fraction of sp³-hybridized carbons (Fsp3) is 0.400. The van der Waals surface area contributed by atoms with Crippen LogP contribution in [0, 0.1) is 0 Å². The second-order valence-corrected chi connectivity index (χ2v) is 10.6. The van der Waals surface area contributed by atoms with Crippen LogP contribution in [-0.4, -0.2) is 79.9 Å². The first-order valence-corrected chi connectivity index (χ1v) is 14.1. The lowest BCUT2D eigenvalue weighted by Gasteiger charge is -2.34. The number of carbonyl (C=O) groups is 1. The average Bonchev–Trinajstić information content (AvgIpc) is 3.67. The third-order valence-corrected chi connectivity index (χ3v) is 8.08. The number of nitrogens with zero attached hydrogens (tertiary/aromatic N) is 6. The van der Waals surface area contributed by atoms with Gasteiger partial charge < -0.3 is 25.0 Å². The molecule has 10 heteroatoms. The molecule has 1 saturated carbocycles. The molecule has 1 aliphatic heterocycles. The summed E-state index contributed by atoms with van der Waals surface area (Å²) < 4.78 is 2.24. The van der Waals surface area contributed by atoms with Gasteiger partial charge in [-0.25, -0.2) is 9.78 Å². The lowest BCUT2D eigenvalue weighted by molar-refractivity contribution is 0.0697. The van der Waals surface area contributed by atoms with Gasteiger partial charge in [0.25, 0.3) is 0 Å². The largest absolute Gasteiger partial charge is 0.478 e. The van der Waals surface area contributed by atoms with Crippen molar-refractivity contribution in [1.29, 1.82) is 0 Å². The molecule has 10 nitrogen and oxygen atoms in total. The minimum atomic E-state index is -0.924. The van der Waals surface area contributed by atoms with Gasteiger partial charge in [-0.05, 0) is 41.7 Å². The highest BCUT2D eigenvalue weighted by atomic mass is 16.4. The number of β-amino-alcohol motifs (C(OH)–C–C–N with tert-alkyl or cyclic N) is 1. The van der Waals surface area contributed by atoms with Crippen LogP contribution >= 0.6 is 0 Å². The molecule has 0 unspecified atom stereocenters. The van der Waals surface area contributed by atoms with Crippen molar-refractivity contribution in [3.8, 4) is 11.1 Å². The maximum atomic E-state index is 11.1. The molecule has 2 aliphatic rings. The van der Waals surface area contributed by atoms with Crippen LogP contribution in [0.3, 0.4) is 0 Å². The summed E-state index contributed by atoms with van der Waals surface area (Å²) in [4.78, 5) is 30.4. The third-order valence-electron chi connectivity index (χ3n) is 8.08. The number of fused-ring (bicyclic) bond motifs is 1. The molecule has 0 spiro atoms. The van der Waals surface area contributed by atoms with E-state index in [4.69, 9.17) is 20.1 Å². The minimum absolute atomic E-state index is 0.176. The van der Waals surface area contributed by atoms with Gasteiger partial charge in [0.05, 0.1) is 18.5 Å². The molecule has 40 heavy (non-hydrogen) atoms. The van der Waals surface area contributed by atoms with Crippen molar-refractivity contribution in [3.05, 3.63) is 66.0 Å². The molecule has 2 aromatic heterocycles. The average molecular weight is 542 g/mol. The molecule has 1 aliphatic carbocycles. The van der Waals surface area contributed by atoms with E-state index in [1.165, 1.54) is 12.8 Å². The zero-order valence-electron chi connectivity index (χ0n) is 22.5. The van der Waals surface area contributed by atoms with E-state index in [0.717, 1.165) is 78.6 Å². The molecule has 0 radical (unpaired) electrons. The van der Waals surface area contributed by atoms with Crippen molar-refractivity contribution in [2.75, 3.05) is 49.5 Å². The molecule has 2 fully saturated rings. The van der Waals surface area contributed by atoms with Crippen molar-refractivity contribution in [2.45, 2.75) is 38.3 Å². The Morgan fingerprint density at radius 3 is 2.25 bits per heavy atom. The molecular weight excluding hydrogens is 506 g/mol. The minimum Gasteiger partial charge on any atom is -0.478 e. The third kappa shape index (κ3) is 5.50. The van der Waals surface area contributed by atoms with Gasteiger partial charge in [-0.3, -0.25) is 4.90 Å². The fourth-order valence-corrected chi connectivity index (χ4v) is 5.74. The van der Waals surface area contributed by atoms with Gasteiger partial charge in [0, 0.05) is 45.3 Å². The van der Waals surface area contributed by atoms with Crippen LogP contribution < -0.4 is 10.2 Å². The zero-order valence-corrected chi connectivity index (χ0v) is 22.5. The topological polar surface area (TPSA) is 120 Å². The highest BCUT2D eigenvalue weighted by molar-refractivity contribution is 5.88. The lowest BCUT2D eigenvalue weighted by Crippen LogP contribution is -2.47. The molecule has 4 aromatic rings. The normalized spacial score (nSPS) is 16.6. The number of carboxylic acids is 1. The number of nitrogens with one attached hydrogen (secondary N) is 1. The maximum Gasteiger partial charge on any atom is 0.335 e. The highest BCUT2D eigenvalue weighted by Gasteiger charge is 2.25. The Morgan fingerprint density at radius 2 is 1.60 bits per heavy atom. The van der Waals surface area contributed by atoms with E-state index in [1.807, 2.05) is 18.5 Å². The molecule has 1 saturated heterocycles. The molecule has 0 atom stereocenters. The molecule has 208 valence electrons. The smallest absolute Gasteiger partial charge is 0.335 e. The number of piperazine rings is 1. The summed E-state index contributed by atoms with van der Waals surface area (Å²) in [6.07, 6.45) is 6.70. The van der Waals surface area contributed by atoms with Crippen LogP contribution in [0.25, 0.3) is 22.3 Å². The summed E-state index contributed by atoms with van der Waals surface area (Å²) in [6, 6.07) is 15.6. The monoisotopic (exact) mass is 541 g/mol. The summed E-state index contributed by atoms with van der Waals surface area (Å²) in [5.74, 6) is 0.536. The summed E-state index contributed by atoms with van der Waals surface area (Å²) in [5, 5.41) is 22.0. The van der Waals surface area contributed by atoms with E-state index in [9.17, 15) is 9.90 Å². The molecule has 2 aromatic carbocycles. The Hall–Kier alpha value is -4.02. The van der Waals surface area contributed by atoms with Gasteiger partial charge in [0.15, 0.2) is 17.0 Å². The van der Waals surface area contributed by atoms with E-state index in [0.29, 0.717) is 19.1 Å². The van der Waals surface area contributed by atoms with Gasteiger partial charge in [0.2, 0.25) is 5.95 Å². The summed E-state index contributed by atoms with van der Waals surface area (Å²) in [5.41, 5.74) is 5.07. The number of rotatable bonds is 9. The summed E-state index contributed by atoms with van der Waals surface area (Å²) in [7, 11) is 0. The first-order valence-electron chi connectivity index (χ1n) is 14.1. The van der Waals surface area contributed by atoms with Crippen LogP contribution in [0.2, 0.25) is 0 Å². The van der Waals surface area contributed by atoms with Crippen molar-refractivity contribution in [3.63, 3.8) is 0 Å². The van der Waals surface area contributed by atoms with Gasteiger partial charge in [-0.1, -0.05) is 49.2 Å². The molecule has 3 heterocycles. The highest BCUT2D eigenvalue weighted by Crippen LogP contribution is 2.33. The van der Waals surface area contributed by atoms with Crippen molar-refractivity contribution >= 4 is 28.9 Å². The van der Waals surface area contributed by atoms with E-state index in [-0.39, 0.29) is 12.2 Å². The first-order chi connectivity index (χ1) is 19.6. The summed E-state index contributed by atoms with van der Waals surface area (Å²) in [6.45, 7) is 4.84. The van der Waals surface area contributed by atoms with E-state index >= 15 is 0 Å². The number of aliphatic hydroxyl groups is 1. The SMILES string of the molecule is O=C(O)c1ccc(-c2ccc(CNc3nc(N4CCN(CCO)CC4)nc4c3ncn4C3CCCC3)cc2)cc1. The van der Waals surface area contributed by atoms with Gasteiger partial charge in [-0.2, -0.15) is 9.97 Å². The van der Waals surface area contributed by atoms with Crippen LogP contribution in [0.1, 0.15) is 47.6 Å². The Balaban J connectivity index is 1.23. The number of aromatic carboxylic acids is 1. The Kier molecular flexibility index (Phi) is 7.61. The van der Waals surface area contributed by atoms with Gasteiger partial charge in [0.1, 0.15) is 0 Å². The molecule has 3 N–H and O–H groups in total. The number of benzene rings is 2. The second kappa shape index (κ2) is 11.6. The summed E-state index contributed by atoms with van der Waals surface area (Å²) >= 11 is 0. The van der Waals surface area contributed by atoms with E-state index in [2.05, 4.69) is 43.9 Å². The molecule has 0 bridgehead atoms. The maximum absolute atomic E-state index is 11.1. The van der Waals surface area contributed by atoms with Crippen molar-refractivity contribution in [1.82, 2.24) is 24.4 Å². The standard InChI is InChI=1S/C30H35N7O3/c38-18-17-35-13-15-36(16-14-35)30-33-27(26-28(34-30)37(20-32-26)25-3-1-2-4-25)31-19-21-5-7-22(8-6-21)23-9-11-24(12-10-23)29(39)40/h5-12,20,25,38H,1-4,13-19H2,(H,39,40)(H,31,33,34). The van der Waals surface area contributed by atoms with Crippen molar-refractivity contribution < 1.29 is 15.0 Å². The number of hydrogen-bond acceptors (Lipinski definition) is 8. The van der Waals surface area contributed by atoms with Gasteiger partial charge in [-0.15, -0.1) is 0 Å².